The van der Waals surface area contributed by atoms with E-state index >= 15 is 0 Å². The number of aliphatic imine (C=N–C) groups is 1. The van der Waals surface area contributed by atoms with Crippen LogP contribution in [0.1, 0.15) is 5.56 Å². The molecule has 8 nitrogen and oxygen atoms in total. The maximum absolute atomic E-state index is 12.6. The van der Waals surface area contributed by atoms with Gasteiger partial charge in [0.05, 0.1) is 28.7 Å². The molecule has 0 spiro atoms. The van der Waals surface area contributed by atoms with Crippen LogP contribution in [0.25, 0.3) is 6.08 Å². The van der Waals surface area contributed by atoms with Gasteiger partial charge in [-0.25, -0.2) is 4.99 Å². The zero-order valence-electron chi connectivity index (χ0n) is 16.4. The van der Waals surface area contributed by atoms with Crippen LogP contribution in [-0.2, 0) is 9.53 Å². The second-order valence-corrected chi connectivity index (χ2v) is 7.84. The first kappa shape index (κ1) is 20.1. The summed E-state index contributed by atoms with van der Waals surface area (Å²) in [4.78, 5) is 31.8. The van der Waals surface area contributed by atoms with E-state index in [-0.39, 0.29) is 11.6 Å². The Balaban J connectivity index is 1.50. The van der Waals surface area contributed by atoms with Crippen LogP contribution in [-0.4, -0.2) is 54.2 Å². The van der Waals surface area contributed by atoms with Gasteiger partial charge in [-0.2, -0.15) is 0 Å². The highest BCUT2D eigenvalue weighted by atomic mass is 32.2. The Morgan fingerprint density at radius 2 is 1.77 bits per heavy atom. The van der Waals surface area contributed by atoms with Crippen LogP contribution in [0.5, 0.6) is 0 Å². The van der Waals surface area contributed by atoms with E-state index in [2.05, 4.69) is 9.89 Å². The first-order chi connectivity index (χ1) is 14.5. The number of rotatable bonds is 4. The lowest BCUT2D eigenvalue weighted by Crippen LogP contribution is -2.36. The highest BCUT2D eigenvalue weighted by molar-refractivity contribution is 8.18. The van der Waals surface area contributed by atoms with Gasteiger partial charge in [0.15, 0.2) is 5.17 Å². The molecule has 0 unspecified atom stereocenters. The first-order valence-corrected chi connectivity index (χ1v) is 10.3. The molecular weight excluding hydrogens is 404 g/mol. The van der Waals surface area contributed by atoms with Gasteiger partial charge in [0.2, 0.25) is 0 Å². The molecule has 0 atom stereocenters. The number of anilines is 1. The highest BCUT2D eigenvalue weighted by Crippen LogP contribution is 2.33. The normalized spacial score (nSPS) is 19.7. The molecule has 0 aromatic heterocycles. The van der Waals surface area contributed by atoms with Gasteiger partial charge in [-0.15, -0.1) is 0 Å². The molecule has 30 heavy (non-hydrogen) atoms. The van der Waals surface area contributed by atoms with Crippen molar-refractivity contribution in [3.63, 3.8) is 0 Å². The summed E-state index contributed by atoms with van der Waals surface area (Å²) < 4.78 is 5.39. The summed E-state index contributed by atoms with van der Waals surface area (Å²) in [7, 11) is 1.69. The number of nitro benzene ring substituents is 1. The number of morpholine rings is 1. The van der Waals surface area contributed by atoms with Crippen molar-refractivity contribution in [3.8, 4) is 0 Å². The standard InChI is InChI=1S/C21H20N4O4S/c1-23-20(26)19(14-15-2-6-18(7-3-15)25(27)28)30-21(23)22-16-4-8-17(9-5-16)24-10-12-29-13-11-24/h2-9,14H,10-13H2,1H3/b19-14+,22-21?. The Labute approximate surface area is 178 Å². The molecule has 2 heterocycles. The largest absolute Gasteiger partial charge is 0.378 e. The second kappa shape index (κ2) is 8.68. The lowest BCUT2D eigenvalue weighted by atomic mass is 10.2. The highest BCUT2D eigenvalue weighted by Gasteiger charge is 2.30. The third-order valence-corrected chi connectivity index (χ3v) is 5.92. The molecule has 0 N–H and O–H groups in total. The molecule has 0 bridgehead atoms. The molecular formula is C21H20N4O4S. The summed E-state index contributed by atoms with van der Waals surface area (Å²) in [6, 6.07) is 14.0. The van der Waals surface area contributed by atoms with Crippen LogP contribution >= 0.6 is 11.8 Å². The smallest absolute Gasteiger partial charge is 0.269 e. The number of non-ortho nitro benzene ring substituents is 1. The summed E-state index contributed by atoms with van der Waals surface area (Å²) in [5.74, 6) is -0.151. The van der Waals surface area contributed by atoms with Crippen molar-refractivity contribution >= 4 is 46.0 Å². The number of amides is 1. The van der Waals surface area contributed by atoms with E-state index < -0.39 is 4.92 Å². The van der Waals surface area contributed by atoms with Gasteiger partial charge in [-0.1, -0.05) is 0 Å². The first-order valence-electron chi connectivity index (χ1n) is 9.45. The minimum absolute atomic E-state index is 0.0162. The van der Waals surface area contributed by atoms with Crippen LogP contribution in [0.3, 0.4) is 0 Å². The van der Waals surface area contributed by atoms with Crippen LogP contribution in [0, 0.1) is 10.1 Å². The van der Waals surface area contributed by atoms with Gasteiger partial charge in [0.1, 0.15) is 0 Å². The Morgan fingerprint density at radius 1 is 1.10 bits per heavy atom. The predicted molar refractivity (Wildman–Crippen MR) is 118 cm³/mol. The number of thioether (sulfide) groups is 1. The molecule has 2 aliphatic rings. The van der Waals surface area contributed by atoms with Gasteiger partial charge in [0.25, 0.3) is 11.6 Å². The maximum atomic E-state index is 12.6. The van der Waals surface area contributed by atoms with Crippen LogP contribution in [0.4, 0.5) is 17.1 Å². The number of hydrogen-bond acceptors (Lipinski definition) is 7. The van der Waals surface area contributed by atoms with Gasteiger partial charge in [0, 0.05) is 38.0 Å². The molecule has 2 saturated heterocycles. The van der Waals surface area contributed by atoms with Crippen LogP contribution in [0.2, 0.25) is 0 Å². The van der Waals surface area contributed by atoms with E-state index in [4.69, 9.17) is 4.74 Å². The summed E-state index contributed by atoms with van der Waals surface area (Å²) in [5.41, 5.74) is 2.64. The van der Waals surface area contributed by atoms with Crippen molar-refractivity contribution < 1.29 is 14.5 Å². The quantitative estimate of drug-likeness (QED) is 0.423. The van der Waals surface area contributed by atoms with Gasteiger partial charge in [-0.05, 0) is 59.8 Å². The number of likely N-dealkylation sites (N-methyl/N-ethyl adjacent to an activating group) is 1. The number of ether oxygens (including phenoxy) is 1. The molecule has 0 radical (unpaired) electrons. The summed E-state index contributed by atoms with van der Waals surface area (Å²) >= 11 is 1.29. The Hall–Kier alpha value is -3.17. The van der Waals surface area contributed by atoms with Crippen molar-refractivity contribution in [1.82, 2.24) is 4.90 Å². The van der Waals surface area contributed by atoms with Crippen LogP contribution in [0.15, 0.2) is 58.4 Å². The molecule has 2 aromatic carbocycles. The molecule has 0 aliphatic carbocycles. The SMILES string of the molecule is CN1C(=O)/C(=C\c2ccc([N+](=O)[O-])cc2)SC1=Nc1ccc(N2CCOCC2)cc1. The van der Waals surface area contributed by atoms with Crippen molar-refractivity contribution in [2.24, 2.45) is 4.99 Å². The zero-order chi connectivity index (χ0) is 21.1. The van der Waals surface area contributed by atoms with E-state index in [0.29, 0.717) is 10.1 Å². The third kappa shape index (κ3) is 4.37. The van der Waals surface area contributed by atoms with Crippen molar-refractivity contribution in [3.05, 3.63) is 69.1 Å². The Bertz CT molecular complexity index is 1010. The minimum atomic E-state index is -0.449. The van der Waals surface area contributed by atoms with Crippen molar-refractivity contribution in [2.45, 2.75) is 0 Å². The van der Waals surface area contributed by atoms with E-state index in [1.54, 1.807) is 25.3 Å². The summed E-state index contributed by atoms with van der Waals surface area (Å²) in [6.07, 6.45) is 1.72. The molecule has 9 heteroatoms. The van der Waals surface area contributed by atoms with Crippen LogP contribution < -0.4 is 4.90 Å². The topological polar surface area (TPSA) is 88.3 Å². The monoisotopic (exact) mass is 424 g/mol. The molecule has 4 rings (SSSR count). The maximum Gasteiger partial charge on any atom is 0.269 e. The second-order valence-electron chi connectivity index (χ2n) is 6.83. The minimum Gasteiger partial charge on any atom is -0.378 e. The number of carbonyl (C=O) groups is 1. The summed E-state index contributed by atoms with van der Waals surface area (Å²) in [6.45, 7) is 3.21. The average molecular weight is 424 g/mol. The van der Waals surface area contributed by atoms with E-state index in [9.17, 15) is 14.9 Å². The van der Waals surface area contributed by atoms with Crippen molar-refractivity contribution in [2.75, 3.05) is 38.3 Å². The molecule has 2 aromatic rings. The van der Waals surface area contributed by atoms with E-state index in [1.807, 2.05) is 24.3 Å². The number of nitrogens with zero attached hydrogens (tertiary/aromatic N) is 4. The fourth-order valence-corrected chi connectivity index (χ4v) is 4.15. The fraction of sp³-hybridized carbons (Fsp3) is 0.238. The molecule has 154 valence electrons. The molecule has 1 amide bonds. The number of amidine groups is 1. The van der Waals surface area contributed by atoms with E-state index in [0.717, 1.165) is 43.2 Å². The lowest BCUT2D eigenvalue weighted by Gasteiger charge is -2.28. The molecule has 2 fully saturated rings. The number of benzene rings is 2. The lowest BCUT2D eigenvalue weighted by molar-refractivity contribution is -0.384. The third-order valence-electron chi connectivity index (χ3n) is 4.86. The van der Waals surface area contributed by atoms with E-state index in [1.165, 1.54) is 28.8 Å². The van der Waals surface area contributed by atoms with Gasteiger partial charge < -0.3 is 9.64 Å². The molecule has 0 saturated carbocycles. The Morgan fingerprint density at radius 3 is 2.40 bits per heavy atom. The number of hydrogen-bond donors (Lipinski definition) is 0. The van der Waals surface area contributed by atoms with Gasteiger partial charge >= 0.3 is 0 Å². The zero-order valence-corrected chi connectivity index (χ0v) is 17.2. The van der Waals surface area contributed by atoms with Crippen molar-refractivity contribution in [1.29, 1.82) is 0 Å². The Kier molecular flexibility index (Phi) is 5.82. The summed E-state index contributed by atoms with van der Waals surface area (Å²) in [5, 5.41) is 11.4. The fourth-order valence-electron chi connectivity index (χ4n) is 3.17. The number of nitro groups is 1. The average Bonchev–Trinajstić information content (AvgIpc) is 3.03. The van der Waals surface area contributed by atoms with Gasteiger partial charge in [-0.3, -0.25) is 19.8 Å². The predicted octanol–water partition coefficient (Wildman–Crippen LogP) is 3.67. The molecule has 2 aliphatic heterocycles. The number of carbonyl (C=O) groups excluding carboxylic acids is 1.